The van der Waals surface area contributed by atoms with E-state index in [0.717, 1.165) is 25.7 Å². The molecule has 0 aromatic rings. The minimum atomic E-state index is -0.469. The highest BCUT2D eigenvalue weighted by Crippen LogP contribution is 2.47. The quantitative estimate of drug-likeness (QED) is 0.804. The van der Waals surface area contributed by atoms with E-state index in [4.69, 9.17) is 9.47 Å². The number of carbonyl (C=O) groups excluding carboxylic acids is 1. The van der Waals surface area contributed by atoms with Crippen LogP contribution < -0.4 is 5.32 Å². The average molecular weight is 271 g/mol. The summed E-state index contributed by atoms with van der Waals surface area (Å²) in [6.45, 7) is 6.72. The van der Waals surface area contributed by atoms with Crippen molar-refractivity contribution < 1.29 is 19.4 Å². The Morgan fingerprint density at radius 1 is 1.47 bits per heavy atom. The Morgan fingerprint density at radius 3 is 2.63 bits per heavy atom. The summed E-state index contributed by atoms with van der Waals surface area (Å²) in [7, 11) is 0. The standard InChI is InChI=1S/C14H25NO4/c1-13(2,3)19-12(17)15-8-11-4-5-14(9-18-11)6-10(16)7-14/h10-11,16H,4-9H2,1-3H3,(H,15,17). The maximum Gasteiger partial charge on any atom is 0.407 e. The Kier molecular flexibility index (Phi) is 4.06. The van der Waals surface area contributed by atoms with Crippen molar-refractivity contribution in [3.63, 3.8) is 0 Å². The van der Waals surface area contributed by atoms with E-state index in [1.165, 1.54) is 0 Å². The van der Waals surface area contributed by atoms with Gasteiger partial charge in [0, 0.05) is 6.54 Å². The number of rotatable bonds is 2. The molecule has 0 bridgehead atoms. The fourth-order valence-electron chi connectivity index (χ4n) is 2.85. The summed E-state index contributed by atoms with van der Waals surface area (Å²) in [6.07, 6.45) is 3.26. The highest BCUT2D eigenvalue weighted by atomic mass is 16.6. The average Bonchev–Trinajstić information content (AvgIpc) is 2.24. The van der Waals surface area contributed by atoms with Gasteiger partial charge in [-0.05, 0) is 51.9 Å². The Labute approximate surface area is 114 Å². The number of hydrogen-bond donors (Lipinski definition) is 2. The monoisotopic (exact) mass is 271 g/mol. The summed E-state index contributed by atoms with van der Waals surface area (Å²) >= 11 is 0. The van der Waals surface area contributed by atoms with E-state index in [9.17, 15) is 9.90 Å². The maximum absolute atomic E-state index is 11.5. The van der Waals surface area contributed by atoms with Crippen molar-refractivity contribution in [2.45, 2.75) is 64.3 Å². The molecule has 2 fully saturated rings. The maximum atomic E-state index is 11.5. The Balaban J connectivity index is 1.65. The van der Waals surface area contributed by atoms with Gasteiger partial charge in [0.25, 0.3) is 0 Å². The van der Waals surface area contributed by atoms with Crippen LogP contribution in [0.4, 0.5) is 4.79 Å². The minimum Gasteiger partial charge on any atom is -0.444 e. The molecule has 1 spiro atoms. The number of amides is 1. The lowest BCUT2D eigenvalue weighted by Crippen LogP contribution is -2.50. The van der Waals surface area contributed by atoms with Gasteiger partial charge in [0.05, 0.1) is 18.8 Å². The highest BCUT2D eigenvalue weighted by molar-refractivity contribution is 5.67. The van der Waals surface area contributed by atoms with Gasteiger partial charge in [0.2, 0.25) is 0 Å². The van der Waals surface area contributed by atoms with Crippen LogP contribution in [0.3, 0.4) is 0 Å². The van der Waals surface area contributed by atoms with Gasteiger partial charge in [-0.3, -0.25) is 0 Å². The molecule has 1 saturated heterocycles. The predicted octanol–water partition coefficient (Wildman–Crippen LogP) is 1.83. The van der Waals surface area contributed by atoms with Gasteiger partial charge in [-0.1, -0.05) is 0 Å². The molecule has 0 aromatic carbocycles. The topological polar surface area (TPSA) is 67.8 Å². The van der Waals surface area contributed by atoms with E-state index >= 15 is 0 Å². The molecule has 2 N–H and O–H groups in total. The number of carbonyl (C=O) groups is 1. The number of aliphatic hydroxyl groups excluding tert-OH is 1. The van der Waals surface area contributed by atoms with E-state index in [0.29, 0.717) is 13.2 Å². The van der Waals surface area contributed by atoms with Crippen LogP contribution in [0.15, 0.2) is 0 Å². The molecule has 5 nitrogen and oxygen atoms in total. The SMILES string of the molecule is CC(C)(C)OC(=O)NCC1CCC2(CO1)CC(O)C2. The smallest absolute Gasteiger partial charge is 0.407 e. The Bertz CT molecular complexity index is 321. The molecular weight excluding hydrogens is 246 g/mol. The predicted molar refractivity (Wildman–Crippen MR) is 70.9 cm³/mol. The molecule has 1 amide bonds. The highest BCUT2D eigenvalue weighted by Gasteiger charge is 2.46. The molecule has 0 radical (unpaired) electrons. The summed E-state index contributed by atoms with van der Waals surface area (Å²) in [5.74, 6) is 0. The molecule has 1 heterocycles. The first kappa shape index (κ1) is 14.6. The van der Waals surface area contributed by atoms with E-state index < -0.39 is 11.7 Å². The zero-order valence-corrected chi connectivity index (χ0v) is 12.1. The number of nitrogens with one attached hydrogen (secondary N) is 1. The van der Waals surface area contributed by atoms with Gasteiger partial charge in [0.15, 0.2) is 0 Å². The van der Waals surface area contributed by atoms with Crippen molar-refractivity contribution in [2.24, 2.45) is 5.41 Å². The molecule has 1 saturated carbocycles. The first-order chi connectivity index (χ1) is 8.78. The fourth-order valence-corrected chi connectivity index (χ4v) is 2.85. The number of ether oxygens (including phenoxy) is 2. The van der Waals surface area contributed by atoms with Crippen molar-refractivity contribution in [1.82, 2.24) is 5.32 Å². The molecule has 1 aliphatic carbocycles. The van der Waals surface area contributed by atoms with Crippen molar-refractivity contribution in [3.8, 4) is 0 Å². The lowest BCUT2D eigenvalue weighted by atomic mass is 9.63. The second-order valence-corrected chi connectivity index (χ2v) is 6.92. The second-order valence-electron chi connectivity index (χ2n) is 6.92. The molecule has 5 heteroatoms. The van der Waals surface area contributed by atoms with E-state index in [1.54, 1.807) is 0 Å². The summed E-state index contributed by atoms with van der Waals surface area (Å²) < 4.78 is 11.0. The van der Waals surface area contributed by atoms with Crippen LogP contribution in [-0.4, -0.2) is 42.2 Å². The molecule has 2 aliphatic rings. The van der Waals surface area contributed by atoms with Gasteiger partial charge < -0.3 is 19.9 Å². The summed E-state index contributed by atoms with van der Waals surface area (Å²) in [6, 6.07) is 0. The van der Waals surface area contributed by atoms with Crippen molar-refractivity contribution >= 4 is 6.09 Å². The fraction of sp³-hybridized carbons (Fsp3) is 0.929. The van der Waals surface area contributed by atoms with Crippen molar-refractivity contribution in [3.05, 3.63) is 0 Å². The van der Waals surface area contributed by atoms with Gasteiger partial charge in [-0.2, -0.15) is 0 Å². The minimum absolute atomic E-state index is 0.0656. The van der Waals surface area contributed by atoms with Gasteiger partial charge in [-0.25, -0.2) is 4.79 Å². The van der Waals surface area contributed by atoms with Crippen LogP contribution in [0.1, 0.15) is 46.5 Å². The zero-order chi connectivity index (χ0) is 14.1. The molecular formula is C14H25NO4. The zero-order valence-electron chi connectivity index (χ0n) is 12.1. The van der Waals surface area contributed by atoms with Crippen LogP contribution in [0.5, 0.6) is 0 Å². The number of alkyl carbamates (subject to hydrolysis) is 1. The third kappa shape index (κ3) is 4.08. The van der Waals surface area contributed by atoms with Crippen molar-refractivity contribution in [1.29, 1.82) is 0 Å². The summed E-state index contributed by atoms with van der Waals surface area (Å²) in [5.41, 5.74) is -0.258. The molecule has 19 heavy (non-hydrogen) atoms. The summed E-state index contributed by atoms with van der Waals surface area (Å²) in [5, 5.41) is 12.1. The molecule has 0 aromatic heterocycles. The van der Waals surface area contributed by atoms with E-state index in [1.807, 2.05) is 20.8 Å². The lowest BCUT2D eigenvalue weighted by molar-refractivity contribution is -0.138. The van der Waals surface area contributed by atoms with Gasteiger partial charge in [0.1, 0.15) is 5.60 Å². The third-order valence-corrected chi connectivity index (χ3v) is 3.83. The first-order valence-electron chi connectivity index (χ1n) is 7.05. The molecule has 110 valence electrons. The van der Waals surface area contributed by atoms with Crippen LogP contribution in [0.25, 0.3) is 0 Å². The third-order valence-electron chi connectivity index (χ3n) is 3.83. The van der Waals surface area contributed by atoms with Crippen LogP contribution in [0.2, 0.25) is 0 Å². The molecule has 1 aliphatic heterocycles. The van der Waals surface area contributed by atoms with Crippen LogP contribution >= 0.6 is 0 Å². The number of hydrogen-bond acceptors (Lipinski definition) is 4. The molecule has 2 rings (SSSR count). The Morgan fingerprint density at radius 2 is 2.16 bits per heavy atom. The normalized spacial score (nSPS) is 34.7. The second kappa shape index (κ2) is 5.29. The lowest BCUT2D eigenvalue weighted by Gasteiger charge is -2.49. The van der Waals surface area contributed by atoms with Gasteiger partial charge >= 0.3 is 6.09 Å². The molecule has 1 atom stereocenters. The van der Waals surface area contributed by atoms with E-state index in [-0.39, 0.29) is 17.6 Å². The first-order valence-corrected chi connectivity index (χ1v) is 7.05. The Hall–Kier alpha value is -0.810. The number of aliphatic hydroxyl groups is 1. The van der Waals surface area contributed by atoms with Crippen LogP contribution in [-0.2, 0) is 9.47 Å². The van der Waals surface area contributed by atoms with Gasteiger partial charge in [-0.15, -0.1) is 0 Å². The summed E-state index contributed by atoms with van der Waals surface area (Å²) in [4.78, 5) is 11.5. The largest absolute Gasteiger partial charge is 0.444 e. The van der Waals surface area contributed by atoms with Crippen molar-refractivity contribution in [2.75, 3.05) is 13.2 Å². The van der Waals surface area contributed by atoms with E-state index in [2.05, 4.69) is 5.32 Å². The van der Waals surface area contributed by atoms with Crippen LogP contribution in [0, 0.1) is 5.41 Å². The molecule has 1 unspecified atom stereocenters.